The highest BCUT2D eigenvalue weighted by atomic mass is 16.6. The lowest BCUT2D eigenvalue weighted by Gasteiger charge is -2.22. The van der Waals surface area contributed by atoms with Gasteiger partial charge in [0.15, 0.2) is 0 Å². The molecule has 200 valence electrons. The van der Waals surface area contributed by atoms with E-state index in [9.17, 15) is 10.1 Å². The highest BCUT2D eigenvalue weighted by Gasteiger charge is 2.29. The Bertz CT molecular complexity index is 1580. The van der Waals surface area contributed by atoms with Gasteiger partial charge in [-0.2, -0.15) is 10.2 Å². The molecule has 7 nitrogen and oxygen atoms in total. The number of nitrogens with zero attached hydrogens (tertiary/aromatic N) is 4. The monoisotopic (exact) mass is 522 g/mol. The van der Waals surface area contributed by atoms with Crippen molar-refractivity contribution < 1.29 is 14.1 Å². The second-order valence-electron chi connectivity index (χ2n) is 11.9. The molecule has 1 saturated carbocycles. The maximum absolute atomic E-state index is 12.5. The molecule has 3 heterocycles. The van der Waals surface area contributed by atoms with Gasteiger partial charge in [0.25, 0.3) is 5.89 Å². The molecule has 1 aliphatic carbocycles. The van der Waals surface area contributed by atoms with Crippen LogP contribution in [-0.2, 0) is 16.1 Å². The zero-order valence-corrected chi connectivity index (χ0v) is 22.9. The van der Waals surface area contributed by atoms with E-state index < -0.39 is 5.60 Å². The summed E-state index contributed by atoms with van der Waals surface area (Å²) in [6.45, 7) is 6.58. The molecular weight excluding hydrogens is 488 g/mol. The molecule has 1 aliphatic heterocycles. The molecule has 1 atom stereocenters. The number of hydrogen-bond acceptors (Lipinski definition) is 6. The van der Waals surface area contributed by atoms with Crippen molar-refractivity contribution in [3.63, 3.8) is 0 Å². The van der Waals surface area contributed by atoms with Crippen LogP contribution in [0.3, 0.4) is 0 Å². The van der Waals surface area contributed by atoms with Gasteiger partial charge in [0.1, 0.15) is 5.60 Å². The van der Waals surface area contributed by atoms with Gasteiger partial charge in [-0.05, 0) is 87.9 Å². The second kappa shape index (κ2) is 10.00. The van der Waals surface area contributed by atoms with Gasteiger partial charge in [0.05, 0.1) is 18.1 Å². The van der Waals surface area contributed by atoms with Crippen molar-refractivity contribution in [3.05, 3.63) is 59.3 Å². The van der Waals surface area contributed by atoms with Crippen LogP contribution in [0.2, 0.25) is 0 Å². The van der Waals surface area contributed by atoms with Crippen molar-refractivity contribution in [2.45, 2.75) is 89.7 Å². The highest BCUT2D eigenvalue weighted by molar-refractivity contribution is 5.86. The molecule has 2 aliphatic rings. The van der Waals surface area contributed by atoms with Crippen LogP contribution in [0.5, 0.6) is 0 Å². The average Bonchev–Trinajstić information content (AvgIpc) is 3.64. The minimum Gasteiger partial charge on any atom is -0.460 e. The first kappa shape index (κ1) is 25.4. The molecule has 1 unspecified atom stereocenters. The lowest BCUT2D eigenvalue weighted by molar-refractivity contribution is -0.155. The van der Waals surface area contributed by atoms with Gasteiger partial charge >= 0.3 is 5.97 Å². The van der Waals surface area contributed by atoms with Crippen LogP contribution in [0.15, 0.2) is 47.0 Å². The third-order valence-electron chi connectivity index (χ3n) is 8.04. The van der Waals surface area contributed by atoms with E-state index in [1.807, 2.05) is 39.0 Å². The van der Waals surface area contributed by atoms with Crippen LogP contribution in [0.1, 0.15) is 94.4 Å². The summed E-state index contributed by atoms with van der Waals surface area (Å²) in [6, 6.07) is 16.7. The van der Waals surface area contributed by atoms with Gasteiger partial charge in [0.2, 0.25) is 5.82 Å². The number of fused-ring (bicyclic) bond motifs is 3. The van der Waals surface area contributed by atoms with E-state index in [0.717, 1.165) is 53.4 Å². The molecule has 39 heavy (non-hydrogen) atoms. The molecule has 6 rings (SSSR count). The van der Waals surface area contributed by atoms with Gasteiger partial charge in [0, 0.05) is 40.2 Å². The zero-order valence-electron chi connectivity index (χ0n) is 22.9. The zero-order chi connectivity index (χ0) is 27.1. The molecule has 7 heteroatoms. The Balaban J connectivity index is 1.23. The SMILES string of the molecule is CC(C)(C)OC(=O)CC1CCn2c1cc1cc(-c3noc(-c4ccc(C5CCCCC5)c(C#N)c4)n3)ccc12. The highest BCUT2D eigenvalue weighted by Crippen LogP contribution is 2.39. The molecule has 4 aromatic rings. The Hall–Kier alpha value is -3.92. The van der Waals surface area contributed by atoms with Crippen molar-refractivity contribution in [2.24, 2.45) is 0 Å². The number of aryl methyl sites for hydroxylation is 1. The maximum Gasteiger partial charge on any atom is 0.306 e. The Morgan fingerprint density at radius 3 is 2.64 bits per heavy atom. The molecule has 0 radical (unpaired) electrons. The number of nitriles is 1. The maximum atomic E-state index is 12.5. The Morgan fingerprint density at radius 2 is 1.87 bits per heavy atom. The number of ether oxygens (including phenoxy) is 1. The van der Waals surface area contributed by atoms with Crippen LogP contribution in [-0.4, -0.2) is 26.3 Å². The Kier molecular flexibility index (Phi) is 6.50. The fourth-order valence-electron chi connectivity index (χ4n) is 6.26. The summed E-state index contributed by atoms with van der Waals surface area (Å²) < 4.78 is 13.5. The molecule has 0 amide bonds. The summed E-state index contributed by atoms with van der Waals surface area (Å²) in [5.74, 6) is 1.38. The molecular formula is C32H34N4O3. The summed E-state index contributed by atoms with van der Waals surface area (Å²) in [6.07, 6.45) is 7.35. The van der Waals surface area contributed by atoms with E-state index in [1.54, 1.807) is 0 Å². The Morgan fingerprint density at radius 1 is 1.08 bits per heavy atom. The molecule has 2 aromatic heterocycles. The molecule has 1 fully saturated rings. The predicted octanol–water partition coefficient (Wildman–Crippen LogP) is 7.50. The molecule has 0 bridgehead atoms. The molecule has 2 aromatic carbocycles. The van der Waals surface area contributed by atoms with E-state index in [2.05, 4.69) is 45.0 Å². The van der Waals surface area contributed by atoms with E-state index in [4.69, 9.17) is 9.26 Å². The van der Waals surface area contributed by atoms with Gasteiger partial charge in [-0.3, -0.25) is 4.79 Å². The number of aromatic nitrogens is 3. The molecule has 0 spiro atoms. The van der Waals surface area contributed by atoms with Crippen LogP contribution in [0.4, 0.5) is 0 Å². The minimum atomic E-state index is -0.478. The van der Waals surface area contributed by atoms with Crippen LogP contribution in [0.25, 0.3) is 33.7 Å². The number of esters is 1. The first-order valence-corrected chi connectivity index (χ1v) is 14.0. The first-order chi connectivity index (χ1) is 18.8. The van der Waals surface area contributed by atoms with Crippen LogP contribution in [0, 0.1) is 11.3 Å². The molecule has 0 N–H and O–H groups in total. The van der Waals surface area contributed by atoms with Crippen molar-refractivity contribution >= 4 is 16.9 Å². The largest absolute Gasteiger partial charge is 0.460 e. The quantitative estimate of drug-likeness (QED) is 0.252. The average molecular weight is 523 g/mol. The summed E-state index contributed by atoms with van der Waals surface area (Å²) in [4.78, 5) is 17.1. The van der Waals surface area contributed by atoms with E-state index in [-0.39, 0.29) is 11.9 Å². The third kappa shape index (κ3) is 5.08. The lowest BCUT2D eigenvalue weighted by Crippen LogP contribution is -2.24. The summed E-state index contributed by atoms with van der Waals surface area (Å²) in [5.41, 5.74) is 5.30. The Labute approximate surface area is 228 Å². The van der Waals surface area contributed by atoms with Crippen molar-refractivity contribution in [1.82, 2.24) is 14.7 Å². The van der Waals surface area contributed by atoms with Gasteiger partial charge in [-0.1, -0.05) is 30.5 Å². The third-order valence-corrected chi connectivity index (χ3v) is 8.04. The van der Waals surface area contributed by atoms with Gasteiger partial charge in [-0.25, -0.2) is 0 Å². The van der Waals surface area contributed by atoms with Gasteiger partial charge < -0.3 is 13.8 Å². The van der Waals surface area contributed by atoms with E-state index in [1.165, 1.54) is 25.0 Å². The summed E-state index contributed by atoms with van der Waals surface area (Å²) in [5, 5.41) is 15.2. The first-order valence-electron chi connectivity index (χ1n) is 14.0. The summed E-state index contributed by atoms with van der Waals surface area (Å²) >= 11 is 0. The topological polar surface area (TPSA) is 93.9 Å². The predicted molar refractivity (Wildman–Crippen MR) is 149 cm³/mol. The fraction of sp³-hybridized carbons (Fsp3) is 0.438. The van der Waals surface area contributed by atoms with Crippen LogP contribution < -0.4 is 0 Å². The van der Waals surface area contributed by atoms with E-state index in [0.29, 0.717) is 29.6 Å². The van der Waals surface area contributed by atoms with Crippen molar-refractivity contribution in [3.8, 4) is 28.9 Å². The number of carbonyl (C=O) groups is 1. The number of carbonyl (C=O) groups excluding carboxylic acids is 1. The standard InChI is InChI=1S/C32H34N4O3/c1-32(2,3)38-29(37)18-21-13-14-36-27-12-10-22(15-24(27)17-28(21)36)30-34-31(39-35-30)23-9-11-26(25(16-23)19-33)20-7-5-4-6-8-20/h9-12,15-17,20-21H,4-8,13-14,18H2,1-3H3. The van der Waals surface area contributed by atoms with Crippen molar-refractivity contribution in [1.29, 1.82) is 5.26 Å². The summed E-state index contributed by atoms with van der Waals surface area (Å²) in [7, 11) is 0. The number of hydrogen-bond donors (Lipinski definition) is 0. The molecule has 0 saturated heterocycles. The smallest absolute Gasteiger partial charge is 0.306 e. The number of rotatable bonds is 5. The minimum absolute atomic E-state index is 0.151. The second-order valence-corrected chi connectivity index (χ2v) is 11.9. The lowest BCUT2D eigenvalue weighted by atomic mass is 9.82. The normalized spacial score (nSPS) is 17.7. The fourth-order valence-corrected chi connectivity index (χ4v) is 6.26. The van der Waals surface area contributed by atoms with Gasteiger partial charge in [-0.15, -0.1) is 0 Å². The van der Waals surface area contributed by atoms with Crippen LogP contribution >= 0.6 is 0 Å². The van der Waals surface area contributed by atoms with E-state index >= 15 is 0 Å². The number of benzene rings is 2. The van der Waals surface area contributed by atoms with Crippen molar-refractivity contribution in [2.75, 3.05) is 0 Å².